The van der Waals surface area contributed by atoms with Gasteiger partial charge in [0.05, 0.1) is 0 Å². The standard InChI is InChI=1S/C5H11N3/c6-5(3-8-7)4-1-2-4/h3-4,8H,1-2,6-7H2/b5-3-. The van der Waals surface area contributed by atoms with E-state index in [1.54, 1.807) is 6.20 Å². The van der Waals surface area contributed by atoms with Gasteiger partial charge >= 0.3 is 0 Å². The number of rotatable bonds is 2. The third-order valence-corrected chi connectivity index (χ3v) is 1.30. The smallest absolute Gasteiger partial charge is 0.0313 e. The third-order valence-electron chi connectivity index (χ3n) is 1.30. The van der Waals surface area contributed by atoms with Crippen LogP contribution < -0.4 is 17.0 Å². The van der Waals surface area contributed by atoms with E-state index in [9.17, 15) is 0 Å². The Morgan fingerprint density at radius 2 is 2.25 bits per heavy atom. The summed E-state index contributed by atoms with van der Waals surface area (Å²) >= 11 is 0. The van der Waals surface area contributed by atoms with Gasteiger partial charge in [-0.3, -0.25) is 5.84 Å². The van der Waals surface area contributed by atoms with Gasteiger partial charge in [0.1, 0.15) is 0 Å². The summed E-state index contributed by atoms with van der Waals surface area (Å²) in [4.78, 5) is 0. The SMILES string of the molecule is NN/C=C(\N)C1CC1. The van der Waals surface area contributed by atoms with Crippen molar-refractivity contribution in [2.24, 2.45) is 17.5 Å². The molecule has 1 saturated carbocycles. The van der Waals surface area contributed by atoms with Gasteiger partial charge in [0.25, 0.3) is 0 Å². The van der Waals surface area contributed by atoms with Gasteiger partial charge in [0, 0.05) is 11.9 Å². The molecular weight excluding hydrogens is 102 g/mol. The molecule has 0 amide bonds. The number of hydrogen-bond acceptors (Lipinski definition) is 3. The lowest BCUT2D eigenvalue weighted by atomic mass is 10.3. The van der Waals surface area contributed by atoms with Gasteiger partial charge < -0.3 is 11.2 Å². The van der Waals surface area contributed by atoms with Crippen molar-refractivity contribution < 1.29 is 0 Å². The molecule has 0 aromatic rings. The largest absolute Gasteiger partial charge is 0.401 e. The van der Waals surface area contributed by atoms with Crippen LogP contribution in [0.3, 0.4) is 0 Å². The molecule has 0 radical (unpaired) electrons. The van der Waals surface area contributed by atoms with Crippen molar-refractivity contribution >= 4 is 0 Å². The first-order chi connectivity index (χ1) is 3.84. The molecule has 1 fully saturated rings. The number of nitrogens with two attached hydrogens (primary N) is 2. The van der Waals surface area contributed by atoms with Crippen molar-refractivity contribution in [3.63, 3.8) is 0 Å². The molecule has 0 atom stereocenters. The summed E-state index contributed by atoms with van der Waals surface area (Å²) in [5.74, 6) is 5.61. The predicted octanol–water partition coefficient (Wildman–Crippen LogP) is -0.340. The summed E-state index contributed by atoms with van der Waals surface area (Å²) < 4.78 is 0. The van der Waals surface area contributed by atoms with E-state index in [4.69, 9.17) is 11.6 Å². The number of hydrazine groups is 1. The highest BCUT2D eigenvalue weighted by molar-refractivity contribution is 5.06. The first-order valence-corrected chi connectivity index (χ1v) is 2.76. The summed E-state index contributed by atoms with van der Waals surface area (Å²) in [6.07, 6.45) is 4.10. The summed E-state index contributed by atoms with van der Waals surface area (Å²) in [5, 5.41) is 0. The molecule has 0 bridgehead atoms. The molecule has 0 heterocycles. The Morgan fingerprint density at radius 3 is 2.62 bits per heavy atom. The van der Waals surface area contributed by atoms with Gasteiger partial charge in [-0.05, 0) is 18.8 Å². The summed E-state index contributed by atoms with van der Waals surface area (Å²) in [6, 6.07) is 0. The number of nitrogens with one attached hydrogen (secondary N) is 1. The van der Waals surface area contributed by atoms with Crippen LogP contribution in [-0.4, -0.2) is 0 Å². The van der Waals surface area contributed by atoms with E-state index in [2.05, 4.69) is 5.43 Å². The van der Waals surface area contributed by atoms with E-state index in [-0.39, 0.29) is 0 Å². The molecule has 5 N–H and O–H groups in total. The van der Waals surface area contributed by atoms with Crippen LogP contribution in [0.5, 0.6) is 0 Å². The average molecular weight is 113 g/mol. The number of allylic oxidation sites excluding steroid dienone is 1. The van der Waals surface area contributed by atoms with E-state index in [0.717, 1.165) is 5.70 Å². The zero-order chi connectivity index (χ0) is 5.98. The minimum absolute atomic E-state index is 0.617. The molecule has 46 valence electrons. The molecule has 3 nitrogen and oxygen atoms in total. The molecule has 0 saturated heterocycles. The monoisotopic (exact) mass is 113 g/mol. The molecule has 0 aromatic carbocycles. The van der Waals surface area contributed by atoms with E-state index < -0.39 is 0 Å². The van der Waals surface area contributed by atoms with E-state index in [1.807, 2.05) is 0 Å². The second kappa shape index (κ2) is 2.05. The molecule has 0 spiro atoms. The molecule has 0 aromatic heterocycles. The minimum atomic E-state index is 0.617. The quantitative estimate of drug-likeness (QED) is 0.339. The van der Waals surface area contributed by atoms with E-state index in [1.165, 1.54) is 12.8 Å². The van der Waals surface area contributed by atoms with Crippen LogP contribution in [0.15, 0.2) is 11.9 Å². The lowest BCUT2D eigenvalue weighted by Gasteiger charge is -1.94. The Hall–Kier alpha value is -0.700. The van der Waals surface area contributed by atoms with Gasteiger partial charge in [-0.2, -0.15) is 0 Å². The van der Waals surface area contributed by atoms with E-state index >= 15 is 0 Å². The highest BCUT2D eigenvalue weighted by atomic mass is 15.2. The lowest BCUT2D eigenvalue weighted by Crippen LogP contribution is -2.17. The third kappa shape index (κ3) is 1.13. The van der Waals surface area contributed by atoms with Crippen LogP contribution in [0.25, 0.3) is 0 Å². The average Bonchev–Trinajstić information content (AvgIpc) is 2.45. The Labute approximate surface area is 48.7 Å². The second-order valence-electron chi connectivity index (χ2n) is 2.09. The fourth-order valence-electron chi connectivity index (χ4n) is 0.631. The zero-order valence-electron chi connectivity index (χ0n) is 4.72. The molecule has 3 heteroatoms. The molecule has 0 aliphatic heterocycles. The Morgan fingerprint density at radius 1 is 1.62 bits per heavy atom. The van der Waals surface area contributed by atoms with Crippen LogP contribution in [0, 0.1) is 5.92 Å². The van der Waals surface area contributed by atoms with Crippen LogP contribution in [0.4, 0.5) is 0 Å². The maximum absolute atomic E-state index is 5.51. The molecular formula is C5H11N3. The van der Waals surface area contributed by atoms with Gasteiger partial charge in [0.2, 0.25) is 0 Å². The zero-order valence-corrected chi connectivity index (χ0v) is 4.72. The summed E-state index contributed by atoms with van der Waals surface area (Å²) in [6.45, 7) is 0. The van der Waals surface area contributed by atoms with Crippen molar-refractivity contribution in [1.29, 1.82) is 0 Å². The van der Waals surface area contributed by atoms with Crippen molar-refractivity contribution in [2.45, 2.75) is 12.8 Å². The Balaban J connectivity index is 2.31. The Kier molecular flexibility index (Phi) is 1.39. The van der Waals surface area contributed by atoms with Gasteiger partial charge in [-0.1, -0.05) is 0 Å². The minimum Gasteiger partial charge on any atom is -0.401 e. The Bertz CT molecular complexity index is 104. The van der Waals surface area contributed by atoms with Gasteiger partial charge in [-0.15, -0.1) is 0 Å². The van der Waals surface area contributed by atoms with Gasteiger partial charge in [0.15, 0.2) is 0 Å². The molecule has 8 heavy (non-hydrogen) atoms. The topological polar surface area (TPSA) is 64.1 Å². The molecule has 1 aliphatic rings. The van der Waals surface area contributed by atoms with Crippen LogP contribution >= 0.6 is 0 Å². The van der Waals surface area contributed by atoms with Crippen molar-refractivity contribution in [1.82, 2.24) is 5.43 Å². The highest BCUT2D eigenvalue weighted by Crippen LogP contribution is 2.33. The van der Waals surface area contributed by atoms with Crippen molar-refractivity contribution in [3.8, 4) is 0 Å². The molecule has 1 rings (SSSR count). The van der Waals surface area contributed by atoms with Gasteiger partial charge in [-0.25, -0.2) is 0 Å². The van der Waals surface area contributed by atoms with Crippen LogP contribution in [0.1, 0.15) is 12.8 Å². The summed E-state index contributed by atoms with van der Waals surface area (Å²) in [5.41, 5.74) is 8.79. The fraction of sp³-hybridized carbons (Fsp3) is 0.600. The van der Waals surface area contributed by atoms with Crippen molar-refractivity contribution in [2.75, 3.05) is 0 Å². The van der Waals surface area contributed by atoms with Crippen LogP contribution in [0.2, 0.25) is 0 Å². The number of hydrogen-bond donors (Lipinski definition) is 3. The van der Waals surface area contributed by atoms with Crippen LogP contribution in [-0.2, 0) is 0 Å². The van der Waals surface area contributed by atoms with Crippen molar-refractivity contribution in [3.05, 3.63) is 11.9 Å². The maximum atomic E-state index is 5.51. The summed E-state index contributed by atoms with van der Waals surface area (Å²) in [7, 11) is 0. The second-order valence-corrected chi connectivity index (χ2v) is 2.09. The maximum Gasteiger partial charge on any atom is 0.0313 e. The normalized spacial score (nSPS) is 20.9. The first-order valence-electron chi connectivity index (χ1n) is 2.76. The van der Waals surface area contributed by atoms with E-state index in [0.29, 0.717) is 5.92 Å². The predicted molar refractivity (Wildman–Crippen MR) is 32.3 cm³/mol. The lowest BCUT2D eigenvalue weighted by molar-refractivity contribution is 0.890. The molecule has 1 aliphatic carbocycles. The fourth-order valence-corrected chi connectivity index (χ4v) is 0.631. The first kappa shape index (κ1) is 5.44. The highest BCUT2D eigenvalue weighted by Gasteiger charge is 2.23. The molecule has 0 unspecified atom stereocenters.